The van der Waals surface area contributed by atoms with Crippen molar-refractivity contribution in [2.45, 2.75) is 26.7 Å². The molecule has 33 heavy (non-hydrogen) atoms. The highest BCUT2D eigenvalue weighted by molar-refractivity contribution is 6.33. The smallest absolute Gasteiger partial charge is 0.359 e. The van der Waals surface area contributed by atoms with Gasteiger partial charge in [-0.05, 0) is 50.6 Å². The van der Waals surface area contributed by atoms with E-state index < -0.39 is 18.5 Å². The number of anilines is 2. The van der Waals surface area contributed by atoms with Crippen molar-refractivity contribution in [3.63, 3.8) is 0 Å². The Hall–Kier alpha value is -3.72. The summed E-state index contributed by atoms with van der Waals surface area (Å²) in [5, 5.41) is 7.14. The summed E-state index contributed by atoms with van der Waals surface area (Å²) in [6, 6.07) is 12.0. The van der Waals surface area contributed by atoms with E-state index in [1.165, 1.54) is 6.07 Å². The summed E-state index contributed by atoms with van der Waals surface area (Å²) in [5.74, 6) is -0.966. The van der Waals surface area contributed by atoms with Gasteiger partial charge in [0.2, 0.25) is 5.91 Å². The number of carbonyl (C=O) groups excluding carboxylic acids is 3. The van der Waals surface area contributed by atoms with Gasteiger partial charge >= 0.3 is 5.97 Å². The van der Waals surface area contributed by atoms with Gasteiger partial charge in [-0.1, -0.05) is 23.7 Å². The number of nitrogens with zero attached hydrogens (tertiary/aromatic N) is 4. The third-order valence-electron chi connectivity index (χ3n) is 5.13. The van der Waals surface area contributed by atoms with Crippen LogP contribution in [0.5, 0.6) is 0 Å². The van der Waals surface area contributed by atoms with Crippen molar-refractivity contribution in [1.82, 2.24) is 14.8 Å². The summed E-state index contributed by atoms with van der Waals surface area (Å²) in [6.07, 6.45) is 1.24. The second-order valence-electron chi connectivity index (χ2n) is 7.63. The van der Waals surface area contributed by atoms with Gasteiger partial charge in [-0.15, -0.1) is 0 Å². The number of pyridine rings is 1. The zero-order valence-corrected chi connectivity index (χ0v) is 18.9. The molecule has 1 aromatic carbocycles. The quantitative estimate of drug-likeness (QED) is 0.556. The van der Waals surface area contributed by atoms with Gasteiger partial charge in [0, 0.05) is 18.7 Å². The summed E-state index contributed by atoms with van der Waals surface area (Å²) < 4.78 is 6.74. The van der Waals surface area contributed by atoms with E-state index in [4.69, 9.17) is 16.3 Å². The second-order valence-corrected chi connectivity index (χ2v) is 8.04. The molecular formula is C23H22ClN5O4. The van der Waals surface area contributed by atoms with Crippen LogP contribution >= 0.6 is 11.6 Å². The van der Waals surface area contributed by atoms with Gasteiger partial charge in [0.05, 0.1) is 22.1 Å². The van der Waals surface area contributed by atoms with Crippen molar-refractivity contribution < 1.29 is 19.1 Å². The van der Waals surface area contributed by atoms with Crippen molar-refractivity contribution in [1.29, 1.82) is 0 Å². The van der Waals surface area contributed by atoms with E-state index in [0.717, 1.165) is 17.8 Å². The fourth-order valence-electron chi connectivity index (χ4n) is 3.66. The molecule has 170 valence electrons. The van der Waals surface area contributed by atoms with E-state index in [1.807, 2.05) is 19.9 Å². The van der Waals surface area contributed by atoms with E-state index in [2.05, 4.69) is 15.4 Å². The number of aromatic nitrogens is 3. The van der Waals surface area contributed by atoms with Gasteiger partial charge in [-0.3, -0.25) is 9.59 Å². The summed E-state index contributed by atoms with van der Waals surface area (Å²) in [5.41, 5.74) is 2.62. The number of halogens is 1. The van der Waals surface area contributed by atoms with E-state index in [-0.39, 0.29) is 16.6 Å². The molecule has 3 heterocycles. The predicted octanol–water partition coefficient (Wildman–Crippen LogP) is 3.46. The fourth-order valence-corrected chi connectivity index (χ4v) is 3.84. The average molecular weight is 468 g/mol. The van der Waals surface area contributed by atoms with Gasteiger partial charge in [0.25, 0.3) is 5.91 Å². The van der Waals surface area contributed by atoms with E-state index in [1.54, 1.807) is 39.9 Å². The van der Waals surface area contributed by atoms with Crippen LogP contribution in [0.3, 0.4) is 0 Å². The van der Waals surface area contributed by atoms with Crippen LogP contribution in [0, 0.1) is 13.8 Å². The topological polar surface area (TPSA) is 106 Å². The molecule has 1 fully saturated rings. The highest BCUT2D eigenvalue weighted by Crippen LogP contribution is 2.29. The Balaban J connectivity index is 1.44. The molecule has 1 aliphatic heterocycles. The summed E-state index contributed by atoms with van der Waals surface area (Å²) >= 11 is 6.14. The third kappa shape index (κ3) is 4.88. The first-order chi connectivity index (χ1) is 15.8. The zero-order valence-electron chi connectivity index (χ0n) is 18.2. The third-order valence-corrected chi connectivity index (χ3v) is 5.43. The largest absolute Gasteiger partial charge is 0.451 e. The van der Waals surface area contributed by atoms with Crippen LogP contribution in [0.15, 0.2) is 42.5 Å². The zero-order chi connectivity index (χ0) is 23.5. The number of ether oxygens (including phenoxy) is 1. The Morgan fingerprint density at radius 2 is 1.97 bits per heavy atom. The number of hydrogen-bond acceptors (Lipinski definition) is 6. The summed E-state index contributed by atoms with van der Waals surface area (Å²) in [7, 11) is 0. The Morgan fingerprint density at radius 3 is 2.67 bits per heavy atom. The monoisotopic (exact) mass is 467 g/mol. The first kappa shape index (κ1) is 22.5. The summed E-state index contributed by atoms with van der Waals surface area (Å²) in [6.45, 7) is 3.77. The molecule has 4 rings (SSSR count). The van der Waals surface area contributed by atoms with Gasteiger partial charge in [-0.25, -0.2) is 14.5 Å². The van der Waals surface area contributed by atoms with Crippen LogP contribution in [-0.2, 0) is 14.3 Å². The lowest BCUT2D eigenvalue weighted by Gasteiger charge is -2.19. The molecule has 10 heteroatoms. The molecule has 0 saturated carbocycles. The lowest BCUT2D eigenvalue weighted by Crippen LogP contribution is -2.27. The predicted molar refractivity (Wildman–Crippen MR) is 123 cm³/mol. The molecule has 1 aliphatic rings. The minimum absolute atomic E-state index is 0.00587. The lowest BCUT2D eigenvalue weighted by molar-refractivity contribution is -0.119. The molecule has 1 N–H and O–H groups in total. The molecule has 0 aliphatic carbocycles. The van der Waals surface area contributed by atoms with Crippen molar-refractivity contribution in [2.24, 2.45) is 0 Å². The molecular weight excluding hydrogens is 446 g/mol. The molecule has 1 saturated heterocycles. The van der Waals surface area contributed by atoms with Crippen molar-refractivity contribution in [2.75, 3.05) is 23.4 Å². The molecule has 0 unspecified atom stereocenters. The SMILES string of the molecule is Cc1cc(C)n(-c2ccc(Cl)c(C(=O)OCC(=O)Nc3ccccc3N3CCCC3=O)n2)n1. The number of nitrogens with one attached hydrogen (secondary N) is 1. The molecule has 2 aromatic heterocycles. The number of rotatable bonds is 6. The first-order valence-corrected chi connectivity index (χ1v) is 10.8. The highest BCUT2D eigenvalue weighted by Gasteiger charge is 2.24. The van der Waals surface area contributed by atoms with Crippen LogP contribution in [-0.4, -0.2) is 45.7 Å². The Kier molecular flexibility index (Phi) is 6.41. The maximum absolute atomic E-state index is 12.6. The fraction of sp³-hybridized carbons (Fsp3) is 0.261. The molecule has 9 nitrogen and oxygen atoms in total. The molecule has 0 spiro atoms. The van der Waals surface area contributed by atoms with E-state index in [0.29, 0.717) is 30.2 Å². The number of aryl methyl sites for hydroxylation is 2. The molecule has 0 radical (unpaired) electrons. The van der Waals surface area contributed by atoms with Crippen molar-refractivity contribution >= 4 is 40.8 Å². The minimum atomic E-state index is -0.832. The Labute approximate surface area is 195 Å². The van der Waals surface area contributed by atoms with Gasteiger partial charge < -0.3 is 15.0 Å². The number of carbonyl (C=O) groups is 3. The molecule has 3 aromatic rings. The first-order valence-electron chi connectivity index (χ1n) is 10.4. The maximum atomic E-state index is 12.6. The van der Waals surface area contributed by atoms with E-state index >= 15 is 0 Å². The van der Waals surface area contributed by atoms with Crippen LogP contribution in [0.2, 0.25) is 5.02 Å². The van der Waals surface area contributed by atoms with Crippen LogP contribution in [0.25, 0.3) is 5.82 Å². The maximum Gasteiger partial charge on any atom is 0.359 e. The molecule has 2 amide bonds. The lowest BCUT2D eigenvalue weighted by atomic mass is 10.2. The number of para-hydroxylation sites is 2. The number of esters is 1. The number of hydrogen-bond donors (Lipinski definition) is 1. The normalized spacial score (nSPS) is 13.3. The van der Waals surface area contributed by atoms with Gasteiger partial charge in [-0.2, -0.15) is 5.10 Å². The second kappa shape index (κ2) is 9.41. The minimum Gasteiger partial charge on any atom is -0.451 e. The van der Waals surface area contributed by atoms with Crippen molar-refractivity contribution in [3.05, 3.63) is 64.6 Å². The van der Waals surface area contributed by atoms with Gasteiger partial charge in [0.1, 0.15) is 0 Å². The molecule has 0 atom stereocenters. The Morgan fingerprint density at radius 1 is 1.18 bits per heavy atom. The standard InChI is InChI=1S/C23H22ClN5O4/c1-14-12-15(2)29(27-14)19-10-9-16(24)22(26-19)23(32)33-13-20(30)25-17-6-3-4-7-18(17)28-11-5-8-21(28)31/h3-4,6-7,9-10,12H,5,8,11,13H2,1-2H3,(H,25,30). The average Bonchev–Trinajstić information content (AvgIpc) is 3.37. The van der Waals surface area contributed by atoms with Gasteiger partial charge in [0.15, 0.2) is 18.1 Å². The van der Waals surface area contributed by atoms with Crippen LogP contribution < -0.4 is 10.2 Å². The highest BCUT2D eigenvalue weighted by atomic mass is 35.5. The molecule has 0 bridgehead atoms. The summed E-state index contributed by atoms with van der Waals surface area (Å²) in [4.78, 5) is 43.0. The Bertz CT molecular complexity index is 1240. The number of amides is 2. The van der Waals surface area contributed by atoms with Crippen LogP contribution in [0.4, 0.5) is 11.4 Å². The van der Waals surface area contributed by atoms with Crippen molar-refractivity contribution in [3.8, 4) is 5.82 Å². The number of benzene rings is 1. The van der Waals surface area contributed by atoms with Crippen LogP contribution in [0.1, 0.15) is 34.7 Å². The van der Waals surface area contributed by atoms with E-state index in [9.17, 15) is 14.4 Å².